The first-order valence-corrected chi connectivity index (χ1v) is 9.32. The van der Waals surface area contributed by atoms with E-state index >= 15 is 0 Å². The van der Waals surface area contributed by atoms with Gasteiger partial charge in [-0.25, -0.2) is 0 Å². The number of hydrogen-bond acceptors (Lipinski definition) is 3. The van der Waals surface area contributed by atoms with Gasteiger partial charge in [-0.3, -0.25) is 9.59 Å². The van der Waals surface area contributed by atoms with Crippen LogP contribution in [0.3, 0.4) is 0 Å². The Labute approximate surface area is 145 Å². The summed E-state index contributed by atoms with van der Waals surface area (Å²) in [6.07, 6.45) is 3.79. The summed E-state index contributed by atoms with van der Waals surface area (Å²) in [7, 11) is 0. The van der Waals surface area contributed by atoms with Crippen LogP contribution >= 0.6 is 11.3 Å². The molecular weight excluding hydrogens is 320 g/mol. The first kappa shape index (κ1) is 15.4. The normalized spacial score (nSPS) is 25.5. The second-order valence-corrected chi connectivity index (χ2v) is 7.53. The van der Waals surface area contributed by atoms with Crippen LogP contribution in [0.1, 0.15) is 45.7 Å². The Morgan fingerprint density at radius 3 is 2.33 bits per heavy atom. The maximum absolute atomic E-state index is 12.7. The number of amides is 2. The molecule has 0 radical (unpaired) electrons. The lowest BCUT2D eigenvalue weighted by Crippen LogP contribution is -2.52. The van der Waals surface area contributed by atoms with Gasteiger partial charge in [0.15, 0.2) is 0 Å². The maximum Gasteiger partial charge on any atom is 0.264 e. The summed E-state index contributed by atoms with van der Waals surface area (Å²) >= 11 is 1.50. The number of benzene rings is 1. The SMILES string of the molecule is O=C(NC1CC2CCC(C1)N2C(=O)c1cccs1)c1ccccc1. The smallest absolute Gasteiger partial charge is 0.264 e. The van der Waals surface area contributed by atoms with Crippen LogP contribution in [0.4, 0.5) is 0 Å². The Kier molecular flexibility index (Phi) is 4.10. The molecule has 24 heavy (non-hydrogen) atoms. The van der Waals surface area contributed by atoms with E-state index in [0.717, 1.165) is 30.6 Å². The molecule has 124 valence electrons. The van der Waals surface area contributed by atoms with E-state index in [-0.39, 0.29) is 29.9 Å². The van der Waals surface area contributed by atoms with Crippen molar-refractivity contribution in [3.63, 3.8) is 0 Å². The largest absolute Gasteiger partial charge is 0.349 e. The van der Waals surface area contributed by atoms with Crippen molar-refractivity contribution < 1.29 is 9.59 Å². The molecule has 2 bridgehead atoms. The molecule has 1 N–H and O–H groups in total. The second-order valence-electron chi connectivity index (χ2n) is 6.58. The van der Waals surface area contributed by atoms with Crippen molar-refractivity contribution in [2.45, 2.75) is 43.8 Å². The van der Waals surface area contributed by atoms with Gasteiger partial charge in [-0.05, 0) is 49.3 Å². The minimum atomic E-state index is -0.0157. The molecule has 2 aliphatic rings. The molecule has 2 atom stereocenters. The Morgan fingerprint density at radius 1 is 1.00 bits per heavy atom. The van der Waals surface area contributed by atoms with Gasteiger partial charge in [0.1, 0.15) is 0 Å². The van der Waals surface area contributed by atoms with Crippen molar-refractivity contribution in [3.8, 4) is 0 Å². The number of nitrogens with one attached hydrogen (secondary N) is 1. The van der Waals surface area contributed by atoms with E-state index in [4.69, 9.17) is 0 Å². The van der Waals surface area contributed by atoms with E-state index in [9.17, 15) is 9.59 Å². The Hall–Kier alpha value is -2.14. The van der Waals surface area contributed by atoms with Gasteiger partial charge in [-0.2, -0.15) is 0 Å². The van der Waals surface area contributed by atoms with Gasteiger partial charge >= 0.3 is 0 Å². The summed E-state index contributed by atoms with van der Waals surface area (Å²) in [5.74, 6) is 0.142. The molecule has 2 saturated heterocycles. The molecule has 1 aromatic carbocycles. The van der Waals surface area contributed by atoms with Crippen LogP contribution in [0.25, 0.3) is 0 Å². The highest BCUT2D eigenvalue weighted by molar-refractivity contribution is 7.12. The lowest BCUT2D eigenvalue weighted by molar-refractivity contribution is 0.0554. The van der Waals surface area contributed by atoms with Crippen molar-refractivity contribution in [3.05, 3.63) is 58.3 Å². The molecule has 2 aliphatic heterocycles. The molecule has 4 rings (SSSR count). The number of carbonyl (C=O) groups excluding carboxylic acids is 2. The second kappa shape index (κ2) is 6.40. The van der Waals surface area contributed by atoms with Crippen LogP contribution in [0.2, 0.25) is 0 Å². The minimum absolute atomic E-state index is 0.0157. The molecule has 3 heterocycles. The van der Waals surface area contributed by atoms with Crippen molar-refractivity contribution in [2.24, 2.45) is 0 Å². The zero-order chi connectivity index (χ0) is 16.5. The molecule has 2 aromatic rings. The third kappa shape index (κ3) is 2.84. The fraction of sp³-hybridized carbons (Fsp3) is 0.368. The number of carbonyl (C=O) groups is 2. The zero-order valence-corrected chi connectivity index (χ0v) is 14.2. The van der Waals surface area contributed by atoms with E-state index < -0.39 is 0 Å². The number of nitrogens with zero attached hydrogens (tertiary/aromatic N) is 1. The Balaban J connectivity index is 1.43. The summed E-state index contributed by atoms with van der Waals surface area (Å²) in [4.78, 5) is 28.0. The first-order valence-electron chi connectivity index (χ1n) is 8.44. The van der Waals surface area contributed by atoms with Crippen molar-refractivity contribution in [2.75, 3.05) is 0 Å². The van der Waals surface area contributed by atoms with Gasteiger partial charge < -0.3 is 10.2 Å². The lowest BCUT2D eigenvalue weighted by atomic mass is 9.96. The van der Waals surface area contributed by atoms with Gasteiger partial charge in [0.25, 0.3) is 11.8 Å². The number of hydrogen-bond donors (Lipinski definition) is 1. The standard InChI is InChI=1S/C19H20N2O2S/c22-18(13-5-2-1-3-6-13)20-14-11-15-8-9-16(12-14)21(15)19(23)17-7-4-10-24-17/h1-7,10,14-16H,8-9,11-12H2,(H,20,22). The van der Waals surface area contributed by atoms with Gasteiger partial charge in [0.2, 0.25) is 0 Å². The fourth-order valence-corrected chi connectivity index (χ4v) is 4.68. The van der Waals surface area contributed by atoms with Crippen LogP contribution in [0, 0.1) is 0 Å². The number of rotatable bonds is 3. The molecule has 0 saturated carbocycles. The highest BCUT2D eigenvalue weighted by atomic mass is 32.1. The molecular formula is C19H20N2O2S. The van der Waals surface area contributed by atoms with Gasteiger partial charge in [-0.1, -0.05) is 24.3 Å². The molecule has 1 aromatic heterocycles. The summed E-state index contributed by atoms with van der Waals surface area (Å²) in [6, 6.07) is 13.8. The van der Waals surface area contributed by atoms with E-state index in [1.807, 2.05) is 47.8 Å². The molecule has 4 nitrogen and oxygen atoms in total. The van der Waals surface area contributed by atoms with E-state index in [1.54, 1.807) is 0 Å². The fourth-order valence-electron chi connectivity index (χ4n) is 4.01. The van der Waals surface area contributed by atoms with Gasteiger partial charge in [0.05, 0.1) is 4.88 Å². The topological polar surface area (TPSA) is 49.4 Å². The summed E-state index contributed by atoms with van der Waals surface area (Å²) in [6.45, 7) is 0. The van der Waals surface area contributed by atoms with Gasteiger partial charge in [-0.15, -0.1) is 11.3 Å². The third-order valence-corrected chi connectivity index (χ3v) is 5.93. The van der Waals surface area contributed by atoms with Crippen LogP contribution in [-0.4, -0.2) is 34.8 Å². The average Bonchev–Trinajstić information content (AvgIpc) is 3.22. The maximum atomic E-state index is 12.7. The van der Waals surface area contributed by atoms with Crippen molar-refractivity contribution >= 4 is 23.2 Å². The summed E-state index contributed by atoms with van der Waals surface area (Å²) < 4.78 is 0. The van der Waals surface area contributed by atoms with Crippen LogP contribution < -0.4 is 5.32 Å². The van der Waals surface area contributed by atoms with Crippen LogP contribution in [0.15, 0.2) is 47.8 Å². The Morgan fingerprint density at radius 2 is 1.71 bits per heavy atom. The Bertz CT molecular complexity index is 715. The number of piperidine rings is 1. The van der Waals surface area contributed by atoms with E-state index in [0.29, 0.717) is 5.56 Å². The van der Waals surface area contributed by atoms with Crippen LogP contribution in [-0.2, 0) is 0 Å². The predicted octanol–water partition coefficient (Wildman–Crippen LogP) is 3.31. The summed E-state index contributed by atoms with van der Waals surface area (Å²) in [5.41, 5.74) is 0.696. The molecule has 0 aliphatic carbocycles. The van der Waals surface area contributed by atoms with E-state index in [2.05, 4.69) is 10.2 Å². The van der Waals surface area contributed by atoms with Crippen LogP contribution in [0.5, 0.6) is 0 Å². The van der Waals surface area contributed by atoms with Crippen molar-refractivity contribution in [1.82, 2.24) is 10.2 Å². The quantitative estimate of drug-likeness (QED) is 0.932. The predicted molar refractivity (Wildman–Crippen MR) is 94.2 cm³/mol. The monoisotopic (exact) mass is 340 g/mol. The lowest BCUT2D eigenvalue weighted by Gasteiger charge is -2.39. The van der Waals surface area contributed by atoms with E-state index in [1.165, 1.54) is 11.3 Å². The molecule has 2 fully saturated rings. The molecule has 0 spiro atoms. The minimum Gasteiger partial charge on any atom is -0.349 e. The first-order chi connectivity index (χ1) is 11.7. The molecule has 2 unspecified atom stereocenters. The number of thiophene rings is 1. The highest BCUT2D eigenvalue weighted by Crippen LogP contribution is 2.37. The molecule has 5 heteroatoms. The zero-order valence-electron chi connectivity index (χ0n) is 13.4. The number of fused-ring (bicyclic) bond motifs is 2. The highest BCUT2D eigenvalue weighted by Gasteiger charge is 2.43. The third-order valence-electron chi connectivity index (χ3n) is 5.07. The molecule has 2 amide bonds. The average molecular weight is 340 g/mol. The van der Waals surface area contributed by atoms with Crippen molar-refractivity contribution in [1.29, 1.82) is 0 Å². The van der Waals surface area contributed by atoms with Gasteiger partial charge in [0, 0.05) is 23.7 Å². The summed E-state index contributed by atoms with van der Waals surface area (Å²) in [5, 5.41) is 5.10.